The van der Waals surface area contributed by atoms with E-state index in [1.165, 1.54) is 11.3 Å². The van der Waals surface area contributed by atoms with E-state index >= 15 is 0 Å². The van der Waals surface area contributed by atoms with Crippen LogP contribution in [0.5, 0.6) is 0 Å². The van der Waals surface area contributed by atoms with Gasteiger partial charge in [0.05, 0.1) is 11.9 Å². The van der Waals surface area contributed by atoms with Crippen molar-refractivity contribution in [1.29, 1.82) is 0 Å². The number of hydrogen-bond acceptors (Lipinski definition) is 4. The average Bonchev–Trinajstić information content (AvgIpc) is 3.07. The summed E-state index contributed by atoms with van der Waals surface area (Å²) in [6.45, 7) is 0.464. The molecule has 2 aromatic heterocycles. The number of benzene rings is 2. The molecule has 0 unspecified atom stereocenters. The van der Waals surface area contributed by atoms with Crippen LogP contribution in [-0.2, 0) is 6.54 Å². The first-order valence-corrected chi connectivity index (χ1v) is 9.43. The summed E-state index contributed by atoms with van der Waals surface area (Å²) in [5.41, 5.74) is 2.84. The van der Waals surface area contributed by atoms with Crippen LogP contribution >= 0.6 is 27.3 Å². The van der Waals surface area contributed by atoms with Gasteiger partial charge in [-0.1, -0.05) is 46.3 Å². The number of nitrogens with one attached hydrogen (secondary N) is 2. The molecular weight excluding hydrogens is 398 g/mol. The highest BCUT2D eigenvalue weighted by Gasteiger charge is 2.12. The maximum Gasteiger partial charge on any atom is 0.260 e. The second kappa shape index (κ2) is 6.82. The van der Waals surface area contributed by atoms with Gasteiger partial charge in [-0.25, -0.2) is 4.98 Å². The Kier molecular flexibility index (Phi) is 4.38. The highest BCUT2D eigenvalue weighted by atomic mass is 79.9. The third-order valence-electron chi connectivity index (χ3n) is 3.88. The van der Waals surface area contributed by atoms with Gasteiger partial charge in [0.1, 0.15) is 10.7 Å². The van der Waals surface area contributed by atoms with E-state index in [-0.39, 0.29) is 5.56 Å². The average molecular weight is 412 g/mol. The van der Waals surface area contributed by atoms with Crippen molar-refractivity contribution < 1.29 is 0 Å². The van der Waals surface area contributed by atoms with Gasteiger partial charge < -0.3 is 10.3 Å². The van der Waals surface area contributed by atoms with Crippen molar-refractivity contribution >= 4 is 43.2 Å². The summed E-state index contributed by atoms with van der Waals surface area (Å²) < 4.78 is 1.03. The summed E-state index contributed by atoms with van der Waals surface area (Å²) in [4.78, 5) is 20.8. The molecule has 0 saturated heterocycles. The maximum absolute atomic E-state index is 12.6. The molecule has 25 heavy (non-hydrogen) atoms. The number of H-pyrrole nitrogens is 1. The van der Waals surface area contributed by atoms with Gasteiger partial charge in [0, 0.05) is 21.1 Å². The minimum Gasteiger partial charge on any atom is -0.378 e. The van der Waals surface area contributed by atoms with Gasteiger partial charge in [-0.15, -0.1) is 11.3 Å². The lowest BCUT2D eigenvalue weighted by Gasteiger charge is -2.06. The number of aromatic amines is 1. The van der Waals surface area contributed by atoms with Gasteiger partial charge >= 0.3 is 0 Å². The first-order valence-electron chi connectivity index (χ1n) is 7.76. The molecule has 124 valence electrons. The molecule has 2 heterocycles. The van der Waals surface area contributed by atoms with Crippen LogP contribution in [0.2, 0.25) is 0 Å². The predicted molar refractivity (Wildman–Crippen MR) is 107 cm³/mol. The number of halogens is 1. The smallest absolute Gasteiger partial charge is 0.260 e. The molecular formula is C19H14BrN3OS. The maximum atomic E-state index is 12.6. The molecule has 0 aliphatic carbocycles. The van der Waals surface area contributed by atoms with Crippen LogP contribution in [0, 0.1) is 0 Å². The van der Waals surface area contributed by atoms with Gasteiger partial charge in [-0.05, 0) is 29.8 Å². The van der Waals surface area contributed by atoms with Gasteiger partial charge in [-0.3, -0.25) is 4.79 Å². The van der Waals surface area contributed by atoms with Crippen LogP contribution in [0.4, 0.5) is 5.69 Å². The van der Waals surface area contributed by atoms with Gasteiger partial charge in [-0.2, -0.15) is 0 Å². The first-order chi connectivity index (χ1) is 12.2. The summed E-state index contributed by atoms with van der Waals surface area (Å²) in [5.74, 6) is 0.627. The Morgan fingerprint density at radius 3 is 2.60 bits per heavy atom. The van der Waals surface area contributed by atoms with Crippen LogP contribution in [-0.4, -0.2) is 9.97 Å². The Hall–Kier alpha value is -2.44. The second-order valence-corrected chi connectivity index (χ2v) is 7.34. The molecule has 0 aliphatic rings. The minimum atomic E-state index is -0.0993. The molecule has 0 atom stereocenters. The molecule has 0 amide bonds. The predicted octanol–water partition coefficient (Wildman–Crippen LogP) is 5.03. The number of rotatable bonds is 4. The molecule has 0 spiro atoms. The summed E-state index contributed by atoms with van der Waals surface area (Å²) in [5, 5.41) is 5.92. The lowest BCUT2D eigenvalue weighted by atomic mass is 10.1. The summed E-state index contributed by atoms with van der Waals surface area (Å²) in [6, 6.07) is 17.8. The van der Waals surface area contributed by atoms with Crippen molar-refractivity contribution in [1.82, 2.24) is 9.97 Å². The zero-order valence-corrected chi connectivity index (χ0v) is 15.5. The Balaban J connectivity index is 1.64. The Morgan fingerprint density at radius 2 is 1.84 bits per heavy atom. The SMILES string of the molecule is O=c1[nH]c(CNc2ccc(Br)cc2)nc2scc(-c3ccccc3)c12. The van der Waals surface area contributed by atoms with E-state index in [1.54, 1.807) is 0 Å². The van der Waals surface area contributed by atoms with E-state index in [0.29, 0.717) is 17.8 Å². The fourth-order valence-electron chi connectivity index (χ4n) is 2.66. The number of anilines is 1. The number of thiophene rings is 1. The number of hydrogen-bond donors (Lipinski definition) is 2. The van der Waals surface area contributed by atoms with Crippen molar-refractivity contribution in [2.45, 2.75) is 6.54 Å². The summed E-state index contributed by atoms with van der Waals surface area (Å²) in [6.07, 6.45) is 0. The molecule has 0 fully saturated rings. The Labute approximate surface area is 156 Å². The molecule has 4 aromatic rings. The lowest BCUT2D eigenvalue weighted by Crippen LogP contribution is -2.14. The zero-order valence-electron chi connectivity index (χ0n) is 13.1. The topological polar surface area (TPSA) is 57.8 Å². The monoisotopic (exact) mass is 411 g/mol. The fourth-order valence-corrected chi connectivity index (χ4v) is 3.89. The Bertz CT molecular complexity index is 1070. The van der Waals surface area contributed by atoms with Crippen molar-refractivity contribution in [2.24, 2.45) is 0 Å². The first kappa shape index (κ1) is 16.1. The number of nitrogens with zero attached hydrogens (tertiary/aromatic N) is 1. The van der Waals surface area contributed by atoms with E-state index in [0.717, 1.165) is 26.1 Å². The molecule has 0 bridgehead atoms. The summed E-state index contributed by atoms with van der Waals surface area (Å²) in [7, 11) is 0. The van der Waals surface area contributed by atoms with Crippen LogP contribution in [0.3, 0.4) is 0 Å². The second-order valence-electron chi connectivity index (χ2n) is 5.57. The Morgan fingerprint density at radius 1 is 1.08 bits per heavy atom. The van der Waals surface area contributed by atoms with Crippen LogP contribution in [0.15, 0.2) is 69.2 Å². The molecule has 4 rings (SSSR count). The third-order valence-corrected chi connectivity index (χ3v) is 5.28. The lowest BCUT2D eigenvalue weighted by molar-refractivity contribution is 0.957. The molecule has 2 aromatic carbocycles. The highest BCUT2D eigenvalue weighted by molar-refractivity contribution is 9.10. The van der Waals surface area contributed by atoms with Crippen molar-refractivity contribution in [2.75, 3.05) is 5.32 Å². The van der Waals surface area contributed by atoms with Crippen LogP contribution in [0.1, 0.15) is 5.82 Å². The molecule has 2 N–H and O–H groups in total. The van der Waals surface area contributed by atoms with E-state index in [9.17, 15) is 4.79 Å². The van der Waals surface area contributed by atoms with E-state index in [2.05, 4.69) is 31.2 Å². The normalized spacial score (nSPS) is 10.9. The zero-order chi connectivity index (χ0) is 17.2. The van der Waals surface area contributed by atoms with Crippen molar-refractivity contribution in [3.05, 3.63) is 80.6 Å². The van der Waals surface area contributed by atoms with Gasteiger partial charge in [0.25, 0.3) is 5.56 Å². The minimum absolute atomic E-state index is 0.0993. The third kappa shape index (κ3) is 3.36. The van der Waals surface area contributed by atoms with Crippen molar-refractivity contribution in [3.8, 4) is 11.1 Å². The number of fused-ring (bicyclic) bond motifs is 1. The molecule has 0 saturated carbocycles. The molecule has 0 radical (unpaired) electrons. The van der Waals surface area contributed by atoms with Crippen LogP contribution in [0.25, 0.3) is 21.3 Å². The largest absolute Gasteiger partial charge is 0.378 e. The standard InChI is InChI=1S/C19H14BrN3OS/c20-13-6-8-14(9-7-13)21-10-16-22-18(24)17-15(11-25-19(17)23-16)12-4-2-1-3-5-12/h1-9,11,21H,10H2,(H,22,23,24). The quantitative estimate of drug-likeness (QED) is 0.495. The molecule has 4 nitrogen and oxygen atoms in total. The van der Waals surface area contributed by atoms with Crippen LogP contribution < -0.4 is 10.9 Å². The molecule has 0 aliphatic heterocycles. The summed E-state index contributed by atoms with van der Waals surface area (Å²) >= 11 is 4.91. The van der Waals surface area contributed by atoms with Gasteiger partial charge in [0.2, 0.25) is 0 Å². The van der Waals surface area contributed by atoms with E-state index in [1.807, 2.05) is 60.0 Å². The highest BCUT2D eigenvalue weighted by Crippen LogP contribution is 2.30. The van der Waals surface area contributed by atoms with Crippen molar-refractivity contribution in [3.63, 3.8) is 0 Å². The van der Waals surface area contributed by atoms with Gasteiger partial charge in [0.15, 0.2) is 0 Å². The van der Waals surface area contributed by atoms with E-state index < -0.39 is 0 Å². The fraction of sp³-hybridized carbons (Fsp3) is 0.0526. The van der Waals surface area contributed by atoms with E-state index in [4.69, 9.17) is 0 Å². The number of aromatic nitrogens is 2. The molecule has 6 heteroatoms.